The van der Waals surface area contributed by atoms with Gasteiger partial charge in [0.05, 0.1) is 6.54 Å². The van der Waals surface area contributed by atoms with Crippen molar-refractivity contribution in [2.45, 2.75) is 12.1 Å². The Labute approximate surface area is 114 Å². The molecule has 3 N–H and O–H groups in total. The molecule has 0 bridgehead atoms. The van der Waals surface area contributed by atoms with Crippen molar-refractivity contribution in [3.8, 4) is 0 Å². The van der Waals surface area contributed by atoms with Gasteiger partial charge in [0.25, 0.3) is 5.91 Å². The SMILES string of the molecule is NC(=O)c1ccc(C(=O)N2CCC(F)(C(=O)O)C2)cc1. The highest BCUT2D eigenvalue weighted by atomic mass is 19.1. The fraction of sp³-hybridized carbons (Fsp3) is 0.308. The monoisotopic (exact) mass is 280 g/mol. The van der Waals surface area contributed by atoms with Crippen molar-refractivity contribution in [3.63, 3.8) is 0 Å². The number of hydrogen-bond acceptors (Lipinski definition) is 3. The van der Waals surface area contributed by atoms with Crippen LogP contribution in [0.3, 0.4) is 0 Å². The quantitative estimate of drug-likeness (QED) is 0.838. The maximum Gasteiger partial charge on any atom is 0.343 e. The summed E-state index contributed by atoms with van der Waals surface area (Å²) in [5.74, 6) is -2.64. The van der Waals surface area contributed by atoms with Gasteiger partial charge in [0.15, 0.2) is 0 Å². The summed E-state index contributed by atoms with van der Waals surface area (Å²) in [4.78, 5) is 34.9. The molecule has 0 aromatic heterocycles. The molecule has 0 aliphatic carbocycles. The molecule has 1 heterocycles. The summed E-state index contributed by atoms with van der Waals surface area (Å²) in [7, 11) is 0. The number of nitrogens with zero attached hydrogens (tertiary/aromatic N) is 1. The van der Waals surface area contributed by atoms with Gasteiger partial charge in [-0.2, -0.15) is 0 Å². The van der Waals surface area contributed by atoms with Gasteiger partial charge in [0.1, 0.15) is 0 Å². The van der Waals surface area contributed by atoms with Gasteiger partial charge in [-0.3, -0.25) is 9.59 Å². The van der Waals surface area contributed by atoms with Crippen molar-refractivity contribution < 1.29 is 23.9 Å². The number of alkyl halides is 1. The molecule has 1 unspecified atom stereocenters. The zero-order valence-electron chi connectivity index (χ0n) is 10.5. The Morgan fingerprint density at radius 2 is 1.75 bits per heavy atom. The van der Waals surface area contributed by atoms with E-state index in [0.717, 1.165) is 4.90 Å². The van der Waals surface area contributed by atoms with E-state index in [1.165, 1.54) is 24.3 Å². The third-order valence-electron chi connectivity index (χ3n) is 3.31. The molecule has 2 amide bonds. The molecular formula is C13H13FN2O4. The van der Waals surface area contributed by atoms with Crippen LogP contribution in [-0.2, 0) is 4.79 Å². The average molecular weight is 280 g/mol. The summed E-state index contributed by atoms with van der Waals surface area (Å²) in [5, 5.41) is 8.78. The Hall–Kier alpha value is -2.44. The zero-order chi connectivity index (χ0) is 14.9. The molecule has 0 spiro atoms. The predicted octanol–water partition coefficient (Wildman–Crippen LogP) is 0.424. The number of carbonyl (C=O) groups is 3. The fourth-order valence-electron chi connectivity index (χ4n) is 2.08. The maximum atomic E-state index is 13.9. The van der Waals surface area contributed by atoms with Crippen LogP contribution in [0, 0.1) is 0 Å². The third kappa shape index (κ3) is 2.47. The Morgan fingerprint density at radius 1 is 1.20 bits per heavy atom. The van der Waals surface area contributed by atoms with E-state index in [1.54, 1.807) is 0 Å². The number of carbonyl (C=O) groups excluding carboxylic acids is 2. The third-order valence-corrected chi connectivity index (χ3v) is 3.31. The van der Waals surface area contributed by atoms with E-state index in [4.69, 9.17) is 10.8 Å². The number of benzene rings is 1. The molecule has 0 saturated carbocycles. The molecule has 0 radical (unpaired) electrons. The van der Waals surface area contributed by atoms with Gasteiger partial charge in [0, 0.05) is 24.1 Å². The lowest BCUT2D eigenvalue weighted by Gasteiger charge is -2.17. The molecule has 2 rings (SSSR count). The highest BCUT2D eigenvalue weighted by Gasteiger charge is 2.46. The van der Waals surface area contributed by atoms with Crippen LogP contribution in [0.25, 0.3) is 0 Å². The van der Waals surface area contributed by atoms with Crippen molar-refractivity contribution in [1.82, 2.24) is 4.90 Å². The first-order valence-corrected chi connectivity index (χ1v) is 5.95. The average Bonchev–Trinajstić information content (AvgIpc) is 2.82. The van der Waals surface area contributed by atoms with Gasteiger partial charge in [-0.05, 0) is 24.3 Å². The Morgan fingerprint density at radius 3 is 2.20 bits per heavy atom. The minimum Gasteiger partial charge on any atom is -0.479 e. The Balaban J connectivity index is 2.13. The van der Waals surface area contributed by atoms with Crippen molar-refractivity contribution in [1.29, 1.82) is 0 Å². The highest BCUT2D eigenvalue weighted by molar-refractivity contribution is 5.97. The standard InChI is InChI=1S/C13H13FN2O4/c14-13(12(19)20)5-6-16(7-13)11(18)9-3-1-8(2-4-9)10(15)17/h1-4H,5-7H2,(H2,15,17)(H,19,20). The number of nitrogens with two attached hydrogens (primary N) is 1. The van der Waals surface area contributed by atoms with Gasteiger partial charge in [-0.1, -0.05) is 0 Å². The van der Waals surface area contributed by atoms with Crippen LogP contribution in [0.5, 0.6) is 0 Å². The summed E-state index contributed by atoms with van der Waals surface area (Å²) in [6, 6.07) is 5.60. The zero-order valence-corrected chi connectivity index (χ0v) is 10.5. The summed E-state index contributed by atoms with van der Waals surface area (Å²) in [5.41, 5.74) is 3.21. The van der Waals surface area contributed by atoms with Crippen LogP contribution in [0.4, 0.5) is 4.39 Å². The van der Waals surface area contributed by atoms with E-state index >= 15 is 0 Å². The van der Waals surface area contributed by atoms with Gasteiger partial charge < -0.3 is 15.7 Å². The van der Waals surface area contributed by atoms with Crippen LogP contribution < -0.4 is 5.73 Å². The van der Waals surface area contributed by atoms with Crippen molar-refractivity contribution in [3.05, 3.63) is 35.4 Å². The Kier molecular flexibility index (Phi) is 3.44. The van der Waals surface area contributed by atoms with E-state index < -0.39 is 30.0 Å². The lowest BCUT2D eigenvalue weighted by Crippen LogP contribution is -2.38. The molecule has 1 fully saturated rings. The number of rotatable bonds is 3. The summed E-state index contributed by atoms with van der Waals surface area (Å²) < 4.78 is 13.9. The van der Waals surface area contributed by atoms with Crippen LogP contribution in [-0.4, -0.2) is 46.5 Å². The van der Waals surface area contributed by atoms with E-state index in [9.17, 15) is 18.8 Å². The first-order chi connectivity index (χ1) is 9.33. The number of halogens is 1. The van der Waals surface area contributed by atoms with Crippen LogP contribution in [0.2, 0.25) is 0 Å². The number of primary amides is 1. The van der Waals surface area contributed by atoms with Gasteiger partial charge in [-0.25, -0.2) is 9.18 Å². The first-order valence-electron chi connectivity index (χ1n) is 5.95. The van der Waals surface area contributed by atoms with Gasteiger partial charge in [0.2, 0.25) is 11.6 Å². The van der Waals surface area contributed by atoms with E-state index in [0.29, 0.717) is 0 Å². The normalized spacial score (nSPS) is 21.8. The molecule has 6 nitrogen and oxygen atoms in total. The smallest absolute Gasteiger partial charge is 0.343 e. The number of aliphatic carboxylic acids is 1. The largest absolute Gasteiger partial charge is 0.479 e. The lowest BCUT2D eigenvalue weighted by atomic mass is 10.1. The molecule has 1 aromatic rings. The topological polar surface area (TPSA) is 101 Å². The molecule has 1 saturated heterocycles. The summed E-state index contributed by atoms with van der Waals surface area (Å²) in [6.45, 7) is -0.433. The van der Waals surface area contributed by atoms with Crippen molar-refractivity contribution in [2.75, 3.05) is 13.1 Å². The number of likely N-dealkylation sites (tertiary alicyclic amines) is 1. The molecule has 7 heteroatoms. The maximum absolute atomic E-state index is 13.9. The summed E-state index contributed by atoms with van der Waals surface area (Å²) >= 11 is 0. The van der Waals surface area contributed by atoms with E-state index in [1.807, 2.05) is 0 Å². The van der Waals surface area contributed by atoms with Crippen LogP contribution in [0.1, 0.15) is 27.1 Å². The molecule has 106 valence electrons. The number of carboxylic acid groups (broad SMARTS) is 1. The number of carboxylic acids is 1. The minimum absolute atomic E-state index is 0.0409. The van der Waals surface area contributed by atoms with E-state index in [-0.39, 0.29) is 24.1 Å². The first kappa shape index (κ1) is 14.0. The van der Waals surface area contributed by atoms with E-state index in [2.05, 4.69) is 0 Å². The van der Waals surface area contributed by atoms with Crippen LogP contribution in [0.15, 0.2) is 24.3 Å². The molecule has 1 aromatic carbocycles. The molecule has 1 aliphatic heterocycles. The fourth-order valence-corrected chi connectivity index (χ4v) is 2.08. The second kappa shape index (κ2) is 4.92. The summed E-state index contributed by atoms with van der Waals surface area (Å²) in [6.07, 6.45) is -0.229. The van der Waals surface area contributed by atoms with Gasteiger partial charge in [-0.15, -0.1) is 0 Å². The molecular weight excluding hydrogens is 267 g/mol. The van der Waals surface area contributed by atoms with Crippen molar-refractivity contribution in [2.24, 2.45) is 5.73 Å². The second-order valence-electron chi connectivity index (χ2n) is 4.69. The predicted molar refractivity (Wildman–Crippen MR) is 67.0 cm³/mol. The lowest BCUT2D eigenvalue weighted by molar-refractivity contribution is -0.149. The van der Waals surface area contributed by atoms with Gasteiger partial charge >= 0.3 is 5.97 Å². The second-order valence-corrected chi connectivity index (χ2v) is 4.69. The molecule has 1 atom stereocenters. The minimum atomic E-state index is -2.39. The number of hydrogen-bond donors (Lipinski definition) is 2. The Bertz CT molecular complexity index is 572. The van der Waals surface area contributed by atoms with Crippen molar-refractivity contribution >= 4 is 17.8 Å². The van der Waals surface area contributed by atoms with Crippen LogP contribution >= 0.6 is 0 Å². The molecule has 1 aliphatic rings. The highest BCUT2D eigenvalue weighted by Crippen LogP contribution is 2.27. The molecule has 20 heavy (non-hydrogen) atoms. The number of amides is 2.